The molecule has 2 aliphatic rings. The second-order valence-electron chi connectivity index (χ2n) is 8.15. The van der Waals surface area contributed by atoms with Gasteiger partial charge in [-0.15, -0.1) is 0 Å². The van der Waals surface area contributed by atoms with Crippen molar-refractivity contribution in [2.45, 2.75) is 33.7 Å². The van der Waals surface area contributed by atoms with E-state index in [1.807, 2.05) is 67.6 Å². The van der Waals surface area contributed by atoms with Crippen molar-refractivity contribution in [1.29, 1.82) is 0 Å². The molecule has 0 aromatic heterocycles. The highest BCUT2D eigenvalue weighted by molar-refractivity contribution is 9.10. The van der Waals surface area contributed by atoms with E-state index < -0.39 is 12.0 Å². The monoisotopic (exact) mass is 555 g/mol. The molecule has 7 nitrogen and oxygen atoms in total. The van der Waals surface area contributed by atoms with E-state index in [0.717, 1.165) is 32.0 Å². The summed E-state index contributed by atoms with van der Waals surface area (Å²) in [5, 5.41) is 5.67. The molecule has 182 valence electrons. The van der Waals surface area contributed by atoms with Crippen molar-refractivity contribution in [2.75, 3.05) is 18.5 Å². The van der Waals surface area contributed by atoms with Crippen molar-refractivity contribution in [3.63, 3.8) is 0 Å². The number of amides is 1. The Kier molecular flexibility index (Phi) is 7.66. The first-order chi connectivity index (χ1) is 16.8. The number of halogens is 1. The minimum atomic E-state index is -0.404. The first kappa shape index (κ1) is 25.1. The number of ether oxygens (including phenoxy) is 2. The van der Waals surface area contributed by atoms with Gasteiger partial charge in [0, 0.05) is 16.4 Å². The van der Waals surface area contributed by atoms with Crippen LogP contribution in [0.2, 0.25) is 0 Å². The predicted octanol–water partition coefficient (Wildman–Crippen LogP) is 5.85. The highest BCUT2D eigenvalue weighted by atomic mass is 79.9. The van der Waals surface area contributed by atoms with E-state index in [0.29, 0.717) is 17.0 Å². The van der Waals surface area contributed by atoms with E-state index in [1.54, 1.807) is 13.0 Å². The highest BCUT2D eigenvalue weighted by Gasteiger charge is 2.37. The molecule has 0 aliphatic carbocycles. The van der Waals surface area contributed by atoms with Crippen molar-refractivity contribution in [3.05, 3.63) is 80.4 Å². The van der Waals surface area contributed by atoms with Gasteiger partial charge >= 0.3 is 5.97 Å². The van der Waals surface area contributed by atoms with Gasteiger partial charge in [-0.2, -0.15) is 0 Å². The summed E-state index contributed by atoms with van der Waals surface area (Å²) >= 11 is 4.97. The number of anilines is 1. The minimum Gasteiger partial charge on any atom is -0.484 e. The molecule has 0 saturated carbocycles. The number of amidine groups is 1. The van der Waals surface area contributed by atoms with Crippen LogP contribution in [0, 0.1) is 13.8 Å². The molecule has 0 saturated heterocycles. The topological polar surface area (TPSA) is 80.2 Å². The number of esters is 1. The van der Waals surface area contributed by atoms with Crippen LogP contribution in [-0.4, -0.2) is 35.2 Å². The van der Waals surface area contributed by atoms with E-state index in [-0.39, 0.29) is 19.1 Å². The first-order valence-corrected chi connectivity index (χ1v) is 12.8. The zero-order chi connectivity index (χ0) is 25.1. The van der Waals surface area contributed by atoms with Crippen molar-refractivity contribution >= 4 is 50.4 Å². The Morgan fingerprint density at radius 1 is 1.17 bits per heavy atom. The molecule has 1 atom stereocenters. The van der Waals surface area contributed by atoms with Crippen LogP contribution < -0.4 is 10.1 Å². The summed E-state index contributed by atoms with van der Waals surface area (Å²) in [6.45, 7) is 7.62. The van der Waals surface area contributed by atoms with Gasteiger partial charge in [0.25, 0.3) is 5.91 Å². The molecule has 35 heavy (non-hydrogen) atoms. The number of benzene rings is 2. The summed E-state index contributed by atoms with van der Waals surface area (Å²) in [6, 6.07) is 10.9. The number of fused-ring (bicyclic) bond motifs is 1. The van der Waals surface area contributed by atoms with Gasteiger partial charge < -0.3 is 19.7 Å². The fraction of sp³-hybridized carbons (Fsp3) is 0.269. The number of nitrogens with one attached hydrogen (secondary N) is 1. The maximum Gasteiger partial charge on any atom is 0.338 e. The van der Waals surface area contributed by atoms with Crippen molar-refractivity contribution in [3.8, 4) is 5.75 Å². The summed E-state index contributed by atoms with van der Waals surface area (Å²) < 4.78 is 12.1. The Morgan fingerprint density at radius 3 is 2.63 bits per heavy atom. The molecule has 0 radical (unpaired) electrons. The number of rotatable bonds is 7. The van der Waals surface area contributed by atoms with Gasteiger partial charge in [-0.3, -0.25) is 4.79 Å². The third-order valence-electron chi connectivity index (χ3n) is 5.62. The van der Waals surface area contributed by atoms with Gasteiger partial charge in [-0.05, 0) is 74.1 Å². The van der Waals surface area contributed by atoms with Crippen molar-refractivity contribution < 1.29 is 19.1 Å². The summed E-state index contributed by atoms with van der Waals surface area (Å²) in [6.07, 6.45) is 1.91. The first-order valence-electron chi connectivity index (χ1n) is 11.2. The summed E-state index contributed by atoms with van der Waals surface area (Å²) in [4.78, 5) is 32.0. The molecule has 4 rings (SSSR count). The van der Waals surface area contributed by atoms with Crippen LogP contribution in [0.4, 0.5) is 5.69 Å². The summed E-state index contributed by atoms with van der Waals surface area (Å²) in [5.41, 5.74) is 4.66. The molecular weight excluding hydrogens is 530 g/mol. The number of hydrogen-bond donors (Lipinski definition) is 1. The van der Waals surface area contributed by atoms with Crippen LogP contribution in [0.3, 0.4) is 0 Å². The van der Waals surface area contributed by atoms with Crippen LogP contribution in [0.1, 0.15) is 36.6 Å². The number of aliphatic imine (C=N–C) groups is 1. The zero-order valence-electron chi connectivity index (χ0n) is 19.9. The summed E-state index contributed by atoms with van der Waals surface area (Å²) in [5.74, 6) is -0.116. The maximum absolute atomic E-state index is 12.8. The maximum atomic E-state index is 12.8. The smallest absolute Gasteiger partial charge is 0.338 e. The molecule has 0 unspecified atom stereocenters. The van der Waals surface area contributed by atoms with E-state index in [4.69, 9.17) is 9.47 Å². The van der Waals surface area contributed by atoms with Gasteiger partial charge in [0.15, 0.2) is 11.8 Å². The number of nitrogens with zero attached hydrogens (tertiary/aromatic N) is 2. The molecule has 0 spiro atoms. The number of aryl methyl sites for hydroxylation is 2. The molecule has 2 aromatic carbocycles. The number of thioether (sulfide) groups is 1. The van der Waals surface area contributed by atoms with Crippen LogP contribution in [0.5, 0.6) is 5.75 Å². The quantitative estimate of drug-likeness (QED) is 0.431. The van der Waals surface area contributed by atoms with Gasteiger partial charge in [0.2, 0.25) is 0 Å². The summed E-state index contributed by atoms with van der Waals surface area (Å²) in [7, 11) is 0. The fourth-order valence-electron chi connectivity index (χ4n) is 4.10. The van der Waals surface area contributed by atoms with E-state index in [1.165, 1.54) is 11.8 Å². The third-order valence-corrected chi connectivity index (χ3v) is 6.85. The average molecular weight is 556 g/mol. The van der Waals surface area contributed by atoms with Gasteiger partial charge in [-0.25, -0.2) is 9.79 Å². The third kappa shape index (κ3) is 5.46. The molecule has 0 bridgehead atoms. The standard InChI is InChI=1S/C26H26BrN3O4S/c1-5-33-25(32)22-17(4)28-26-30(9-10-35-26)24(22)18-7-6-8-20(13-18)34-14-21(31)29-23-15(2)11-19(27)12-16(23)3/h6-13,24H,5,14H2,1-4H3,(H,29,31)/t24-/m0/s1. The molecule has 1 N–H and O–H groups in total. The Morgan fingerprint density at radius 2 is 1.91 bits per heavy atom. The molecule has 2 aromatic rings. The van der Waals surface area contributed by atoms with Gasteiger partial charge in [0.1, 0.15) is 5.75 Å². The lowest BCUT2D eigenvalue weighted by atomic mass is 9.94. The second-order valence-corrected chi connectivity index (χ2v) is 9.94. The predicted molar refractivity (Wildman–Crippen MR) is 142 cm³/mol. The van der Waals surface area contributed by atoms with Crippen LogP contribution in [0.25, 0.3) is 0 Å². The van der Waals surface area contributed by atoms with Crippen molar-refractivity contribution in [2.24, 2.45) is 4.99 Å². The highest BCUT2D eigenvalue weighted by Crippen LogP contribution is 2.41. The Bertz CT molecular complexity index is 1250. The van der Waals surface area contributed by atoms with Crippen LogP contribution in [0.15, 0.2) is 68.7 Å². The molecule has 0 fully saturated rings. The molecular formula is C26H26BrN3O4S. The molecule has 1 amide bonds. The second kappa shape index (κ2) is 10.7. The molecule has 2 heterocycles. The van der Waals surface area contributed by atoms with E-state index >= 15 is 0 Å². The van der Waals surface area contributed by atoms with E-state index in [9.17, 15) is 9.59 Å². The van der Waals surface area contributed by atoms with Gasteiger partial charge in [0.05, 0.1) is 23.9 Å². The average Bonchev–Trinajstić information content (AvgIpc) is 3.27. The fourth-order valence-corrected chi connectivity index (χ4v) is 5.58. The number of hydrogen-bond acceptors (Lipinski definition) is 7. The largest absolute Gasteiger partial charge is 0.484 e. The Hall–Kier alpha value is -3.04. The SMILES string of the molecule is CCOC(=O)C1=C(C)N=C2SC=CN2[C@H]1c1cccc(OCC(=O)Nc2c(C)cc(Br)cc2C)c1. The lowest BCUT2D eigenvalue weighted by Gasteiger charge is -2.33. The van der Waals surface area contributed by atoms with Gasteiger partial charge in [-0.1, -0.05) is 39.8 Å². The zero-order valence-corrected chi connectivity index (χ0v) is 22.3. The normalized spacial score (nSPS) is 16.7. The number of allylic oxidation sites excluding steroid dienone is 1. The Balaban J connectivity index is 1.53. The number of carbonyl (C=O) groups excluding carboxylic acids is 2. The Labute approximate surface area is 217 Å². The van der Waals surface area contributed by atoms with E-state index in [2.05, 4.69) is 26.2 Å². The molecule has 9 heteroatoms. The van der Waals surface area contributed by atoms with Crippen molar-refractivity contribution in [1.82, 2.24) is 4.90 Å². The lowest BCUT2D eigenvalue weighted by molar-refractivity contribution is -0.139. The van der Waals surface area contributed by atoms with Crippen LogP contribution >= 0.6 is 27.7 Å². The molecule has 2 aliphatic heterocycles. The lowest BCUT2D eigenvalue weighted by Crippen LogP contribution is -2.34. The minimum absolute atomic E-state index is 0.144. The number of carbonyl (C=O) groups is 2. The van der Waals surface area contributed by atoms with Crippen LogP contribution in [-0.2, 0) is 14.3 Å².